The van der Waals surface area contributed by atoms with Gasteiger partial charge in [0.2, 0.25) is 5.91 Å². The number of likely N-dealkylation sites (N-methyl/N-ethyl adjacent to an activating group) is 1. The Morgan fingerprint density at radius 3 is 2.63 bits per heavy atom. The van der Waals surface area contributed by atoms with Crippen molar-refractivity contribution in [1.82, 2.24) is 24.6 Å². The number of aryl methyl sites for hydroxylation is 1. The van der Waals surface area contributed by atoms with Crippen molar-refractivity contribution in [2.45, 2.75) is 64.6 Å². The number of pyridine rings is 1. The number of carbonyl (C=O) groups excluding carboxylic acids is 2. The lowest BCUT2D eigenvalue weighted by atomic mass is 9.94. The molecule has 2 aromatic rings. The molecule has 3 rings (SSSR count). The summed E-state index contributed by atoms with van der Waals surface area (Å²) in [6.45, 7) is 3.71. The molecule has 2 aromatic heterocycles. The van der Waals surface area contributed by atoms with E-state index >= 15 is 0 Å². The molecule has 1 saturated carbocycles. The maximum absolute atomic E-state index is 12.8. The summed E-state index contributed by atoms with van der Waals surface area (Å²) in [6, 6.07) is 3.06. The lowest BCUT2D eigenvalue weighted by Crippen LogP contribution is -2.42. The Hall–Kier alpha value is -2.90. The van der Waals surface area contributed by atoms with Crippen LogP contribution in [0.5, 0.6) is 0 Å². The molecule has 0 aliphatic heterocycles. The van der Waals surface area contributed by atoms with Crippen molar-refractivity contribution in [1.29, 1.82) is 0 Å². The van der Waals surface area contributed by atoms with Crippen LogP contribution in [-0.4, -0.2) is 44.2 Å². The average molecular weight is 414 g/mol. The minimum atomic E-state index is -0.462. The fraction of sp³-hybridized carbons (Fsp3) is 0.545. The van der Waals surface area contributed by atoms with Gasteiger partial charge in [-0.25, -0.2) is 0 Å². The molecule has 0 spiro atoms. The maximum Gasteiger partial charge on any atom is 0.263 e. The van der Waals surface area contributed by atoms with E-state index in [2.05, 4.69) is 10.4 Å². The Balaban J connectivity index is 1.71. The summed E-state index contributed by atoms with van der Waals surface area (Å²) >= 11 is 0. The molecule has 0 radical (unpaired) electrons. The van der Waals surface area contributed by atoms with Crippen molar-refractivity contribution >= 4 is 11.8 Å². The van der Waals surface area contributed by atoms with E-state index in [1.165, 1.54) is 17.1 Å². The summed E-state index contributed by atoms with van der Waals surface area (Å²) in [4.78, 5) is 40.0. The smallest absolute Gasteiger partial charge is 0.263 e. The van der Waals surface area contributed by atoms with Crippen LogP contribution in [0.2, 0.25) is 0 Å². The first kappa shape index (κ1) is 21.8. The summed E-state index contributed by atoms with van der Waals surface area (Å²) in [5.74, 6) is -0.570. The average Bonchev–Trinajstić information content (AvgIpc) is 3.08. The number of carbonyl (C=O) groups is 2. The van der Waals surface area contributed by atoms with Gasteiger partial charge < -0.3 is 14.8 Å². The van der Waals surface area contributed by atoms with E-state index in [9.17, 15) is 14.4 Å². The summed E-state index contributed by atoms with van der Waals surface area (Å²) < 4.78 is 3.05. The molecule has 0 bridgehead atoms. The molecule has 162 valence electrons. The van der Waals surface area contributed by atoms with Crippen molar-refractivity contribution < 1.29 is 9.59 Å². The Kier molecular flexibility index (Phi) is 6.74. The molecule has 8 heteroatoms. The predicted octanol–water partition coefficient (Wildman–Crippen LogP) is 2.17. The Morgan fingerprint density at radius 1 is 1.30 bits per heavy atom. The van der Waals surface area contributed by atoms with Gasteiger partial charge in [0.15, 0.2) is 0 Å². The fourth-order valence-corrected chi connectivity index (χ4v) is 4.06. The second-order valence-corrected chi connectivity index (χ2v) is 8.16. The number of nitrogens with zero attached hydrogens (tertiary/aromatic N) is 4. The largest absolute Gasteiger partial charge is 0.345 e. The number of rotatable bonds is 6. The monoisotopic (exact) mass is 413 g/mol. The van der Waals surface area contributed by atoms with Crippen LogP contribution < -0.4 is 10.9 Å². The molecule has 1 aliphatic rings. The SMILES string of the molecule is Cc1c([C@H](C)NC(=O)c2cccn(CC(=O)N(C)C3CCCCC3)c2=O)cnn1C. The summed E-state index contributed by atoms with van der Waals surface area (Å²) in [5.41, 5.74) is 1.41. The van der Waals surface area contributed by atoms with Gasteiger partial charge in [0.05, 0.1) is 12.2 Å². The highest BCUT2D eigenvalue weighted by Gasteiger charge is 2.23. The highest BCUT2D eigenvalue weighted by molar-refractivity contribution is 5.94. The molecule has 1 atom stereocenters. The van der Waals surface area contributed by atoms with Gasteiger partial charge in [-0.15, -0.1) is 0 Å². The van der Waals surface area contributed by atoms with Crippen LogP contribution >= 0.6 is 0 Å². The maximum atomic E-state index is 12.8. The molecule has 1 fully saturated rings. The molecular weight excluding hydrogens is 382 g/mol. The molecular formula is C22H31N5O3. The number of aromatic nitrogens is 3. The van der Waals surface area contributed by atoms with Gasteiger partial charge in [-0.3, -0.25) is 19.1 Å². The van der Waals surface area contributed by atoms with Crippen LogP contribution in [0, 0.1) is 6.92 Å². The first-order valence-electron chi connectivity index (χ1n) is 10.5. The van der Waals surface area contributed by atoms with Crippen molar-refractivity contribution in [2.24, 2.45) is 7.05 Å². The van der Waals surface area contributed by atoms with Crippen LogP contribution in [-0.2, 0) is 18.4 Å². The molecule has 1 N–H and O–H groups in total. The molecule has 1 aliphatic carbocycles. The van der Waals surface area contributed by atoms with Crippen LogP contribution in [0.1, 0.15) is 66.7 Å². The summed E-state index contributed by atoms with van der Waals surface area (Å²) in [7, 11) is 3.64. The normalized spacial score (nSPS) is 15.6. The second-order valence-electron chi connectivity index (χ2n) is 8.16. The number of amides is 2. The standard InChI is InChI=1S/C22H31N5O3/c1-15(19-13-23-26(4)16(19)2)24-21(29)18-11-8-12-27(22(18)30)14-20(28)25(3)17-9-6-5-7-10-17/h8,11-13,15,17H,5-7,9-10,14H2,1-4H3,(H,24,29)/t15-/m0/s1. The first-order valence-corrected chi connectivity index (χ1v) is 10.5. The molecule has 0 aromatic carbocycles. The first-order chi connectivity index (χ1) is 14.3. The third kappa shape index (κ3) is 4.63. The fourth-order valence-electron chi connectivity index (χ4n) is 4.06. The lowest BCUT2D eigenvalue weighted by Gasteiger charge is -2.31. The number of nitrogens with one attached hydrogen (secondary N) is 1. The number of hydrogen-bond donors (Lipinski definition) is 1. The topological polar surface area (TPSA) is 89.2 Å². The van der Waals surface area contributed by atoms with Crippen LogP contribution in [0.15, 0.2) is 29.3 Å². The Bertz CT molecular complexity index is 971. The van der Waals surface area contributed by atoms with Crippen molar-refractivity contribution in [3.05, 3.63) is 51.7 Å². The molecule has 2 heterocycles. The minimum absolute atomic E-state index is 0.0269. The van der Waals surface area contributed by atoms with E-state index < -0.39 is 11.5 Å². The van der Waals surface area contributed by atoms with Gasteiger partial charge in [-0.05, 0) is 38.8 Å². The van der Waals surface area contributed by atoms with Gasteiger partial charge in [0.25, 0.3) is 11.5 Å². The highest BCUT2D eigenvalue weighted by Crippen LogP contribution is 2.21. The van der Waals surface area contributed by atoms with E-state index in [4.69, 9.17) is 0 Å². The van der Waals surface area contributed by atoms with Gasteiger partial charge >= 0.3 is 0 Å². The van der Waals surface area contributed by atoms with Crippen molar-refractivity contribution in [3.63, 3.8) is 0 Å². The van der Waals surface area contributed by atoms with E-state index in [0.717, 1.165) is 36.9 Å². The number of hydrogen-bond acceptors (Lipinski definition) is 4. The van der Waals surface area contributed by atoms with Gasteiger partial charge in [0, 0.05) is 37.6 Å². The van der Waals surface area contributed by atoms with Gasteiger partial charge in [0.1, 0.15) is 12.1 Å². The Labute approximate surface area is 176 Å². The molecule has 8 nitrogen and oxygen atoms in total. The summed E-state index contributed by atoms with van der Waals surface area (Å²) in [5, 5.41) is 7.06. The second kappa shape index (κ2) is 9.28. The van der Waals surface area contributed by atoms with Gasteiger partial charge in [-0.1, -0.05) is 19.3 Å². The summed E-state index contributed by atoms with van der Waals surface area (Å²) in [6.07, 6.45) is 8.76. The van der Waals surface area contributed by atoms with E-state index in [1.54, 1.807) is 35.1 Å². The molecule has 0 unspecified atom stereocenters. The third-order valence-electron chi connectivity index (χ3n) is 6.17. The Morgan fingerprint density at radius 2 is 2.00 bits per heavy atom. The van der Waals surface area contributed by atoms with E-state index in [1.807, 2.05) is 20.9 Å². The minimum Gasteiger partial charge on any atom is -0.345 e. The van der Waals surface area contributed by atoms with Crippen LogP contribution in [0.4, 0.5) is 0 Å². The molecule has 2 amide bonds. The van der Waals surface area contributed by atoms with Gasteiger partial charge in [-0.2, -0.15) is 5.10 Å². The quantitative estimate of drug-likeness (QED) is 0.786. The van der Waals surface area contributed by atoms with E-state index in [0.29, 0.717) is 0 Å². The van der Waals surface area contributed by atoms with Crippen molar-refractivity contribution in [3.8, 4) is 0 Å². The highest BCUT2D eigenvalue weighted by atomic mass is 16.2. The zero-order valence-electron chi connectivity index (χ0n) is 18.2. The predicted molar refractivity (Wildman–Crippen MR) is 114 cm³/mol. The van der Waals surface area contributed by atoms with Crippen molar-refractivity contribution in [2.75, 3.05) is 7.05 Å². The molecule has 0 saturated heterocycles. The lowest BCUT2D eigenvalue weighted by molar-refractivity contribution is -0.133. The zero-order chi connectivity index (χ0) is 21.8. The van der Waals surface area contributed by atoms with Crippen LogP contribution in [0.3, 0.4) is 0 Å². The third-order valence-corrected chi connectivity index (χ3v) is 6.17. The molecule has 30 heavy (non-hydrogen) atoms. The van der Waals surface area contributed by atoms with E-state index in [-0.39, 0.29) is 30.1 Å². The van der Waals surface area contributed by atoms with Crippen LogP contribution in [0.25, 0.3) is 0 Å². The zero-order valence-corrected chi connectivity index (χ0v) is 18.2.